The third-order valence-corrected chi connectivity index (χ3v) is 4.53. The average molecular weight is 387 g/mol. The van der Waals surface area contributed by atoms with Gasteiger partial charge in [-0.1, -0.05) is 23.7 Å². The first-order chi connectivity index (χ1) is 12.5. The Morgan fingerprint density at radius 2 is 2.04 bits per heavy atom. The lowest BCUT2D eigenvalue weighted by molar-refractivity contribution is -0.139. The Balaban J connectivity index is 1.65. The Kier molecular flexibility index (Phi) is 5.75. The second-order valence-electron chi connectivity index (χ2n) is 5.38. The second kappa shape index (κ2) is 8.21. The number of fused-ring (bicyclic) bond motifs is 1. The molecular formula is C19H15ClN2O3S. The van der Waals surface area contributed by atoms with Crippen LogP contribution in [0.15, 0.2) is 64.4 Å². The minimum atomic E-state index is -0.503. The predicted molar refractivity (Wildman–Crippen MR) is 104 cm³/mol. The van der Waals surface area contributed by atoms with E-state index in [2.05, 4.69) is 4.98 Å². The van der Waals surface area contributed by atoms with Crippen molar-refractivity contribution >= 4 is 41.1 Å². The van der Waals surface area contributed by atoms with E-state index in [9.17, 15) is 9.59 Å². The van der Waals surface area contributed by atoms with Gasteiger partial charge in [-0.2, -0.15) is 0 Å². The number of nitrogens with zero attached hydrogens (tertiary/aromatic N) is 2. The zero-order valence-electron chi connectivity index (χ0n) is 13.9. The van der Waals surface area contributed by atoms with Gasteiger partial charge in [-0.3, -0.25) is 9.20 Å². The molecule has 0 radical (unpaired) electrons. The van der Waals surface area contributed by atoms with Crippen LogP contribution in [0.5, 0.6) is 0 Å². The van der Waals surface area contributed by atoms with Gasteiger partial charge in [0, 0.05) is 23.2 Å². The highest BCUT2D eigenvalue weighted by molar-refractivity contribution is 7.98. The standard InChI is InChI=1S/C19H15ClN2O3S/c1-26-16-6-2-13(3-7-16)4-9-19(24)25-12-15-10-18(23)22-11-14(20)5-8-17(22)21-15/h2-11H,12H2,1H3/b9-4+. The number of hydrogen-bond donors (Lipinski definition) is 0. The minimum Gasteiger partial charge on any atom is -0.456 e. The minimum absolute atomic E-state index is 0.0804. The van der Waals surface area contributed by atoms with Gasteiger partial charge in [0.05, 0.1) is 10.7 Å². The number of halogens is 1. The highest BCUT2D eigenvalue weighted by atomic mass is 35.5. The van der Waals surface area contributed by atoms with Gasteiger partial charge in [0.15, 0.2) is 0 Å². The van der Waals surface area contributed by atoms with Crippen LogP contribution in [0, 0.1) is 0 Å². The molecule has 0 aliphatic rings. The molecule has 0 N–H and O–H groups in total. The summed E-state index contributed by atoms with van der Waals surface area (Å²) in [6.45, 7) is -0.0804. The first-order valence-electron chi connectivity index (χ1n) is 7.72. The summed E-state index contributed by atoms with van der Waals surface area (Å²) in [5.74, 6) is -0.503. The summed E-state index contributed by atoms with van der Waals surface area (Å²) in [6.07, 6.45) is 6.52. The van der Waals surface area contributed by atoms with Gasteiger partial charge < -0.3 is 4.74 Å². The fourth-order valence-electron chi connectivity index (χ4n) is 2.27. The number of pyridine rings is 1. The Hall–Kier alpha value is -2.57. The van der Waals surface area contributed by atoms with Crippen molar-refractivity contribution in [3.8, 4) is 0 Å². The summed E-state index contributed by atoms with van der Waals surface area (Å²) in [6, 6.07) is 12.4. The van der Waals surface area contributed by atoms with Crippen LogP contribution >= 0.6 is 23.4 Å². The van der Waals surface area contributed by atoms with Crippen molar-refractivity contribution in [1.82, 2.24) is 9.38 Å². The summed E-state index contributed by atoms with van der Waals surface area (Å²) >= 11 is 7.52. The van der Waals surface area contributed by atoms with Crippen molar-refractivity contribution in [1.29, 1.82) is 0 Å². The van der Waals surface area contributed by atoms with Crippen LogP contribution < -0.4 is 5.56 Å². The molecule has 2 aromatic heterocycles. The molecule has 0 amide bonds. The molecule has 1 aromatic carbocycles. The summed E-state index contributed by atoms with van der Waals surface area (Å²) in [4.78, 5) is 29.4. The molecule has 2 heterocycles. The van der Waals surface area contributed by atoms with E-state index in [-0.39, 0.29) is 12.2 Å². The van der Waals surface area contributed by atoms with Crippen molar-refractivity contribution in [3.05, 3.63) is 81.4 Å². The van der Waals surface area contributed by atoms with Crippen molar-refractivity contribution in [3.63, 3.8) is 0 Å². The molecule has 0 aliphatic carbocycles. The highest BCUT2D eigenvalue weighted by Crippen LogP contribution is 2.15. The summed E-state index contributed by atoms with van der Waals surface area (Å²) in [7, 11) is 0. The van der Waals surface area contributed by atoms with Gasteiger partial charge in [0.25, 0.3) is 5.56 Å². The van der Waals surface area contributed by atoms with Gasteiger partial charge in [-0.15, -0.1) is 11.8 Å². The maximum absolute atomic E-state index is 12.1. The second-order valence-corrected chi connectivity index (χ2v) is 6.69. The molecule has 26 heavy (non-hydrogen) atoms. The third kappa shape index (κ3) is 4.53. The molecule has 0 fully saturated rings. The molecule has 0 saturated heterocycles. The molecule has 5 nitrogen and oxygen atoms in total. The van der Waals surface area contributed by atoms with E-state index >= 15 is 0 Å². The topological polar surface area (TPSA) is 60.7 Å². The van der Waals surface area contributed by atoms with Crippen molar-refractivity contribution in [2.75, 3.05) is 6.26 Å². The molecule has 0 spiro atoms. The van der Waals surface area contributed by atoms with Gasteiger partial charge in [-0.05, 0) is 42.2 Å². The molecule has 0 saturated carbocycles. The van der Waals surface area contributed by atoms with Crippen LogP contribution in [0.2, 0.25) is 5.02 Å². The quantitative estimate of drug-likeness (QED) is 0.379. The monoisotopic (exact) mass is 386 g/mol. The van der Waals surface area contributed by atoms with Gasteiger partial charge >= 0.3 is 5.97 Å². The fourth-order valence-corrected chi connectivity index (χ4v) is 2.84. The van der Waals surface area contributed by atoms with Gasteiger partial charge in [-0.25, -0.2) is 9.78 Å². The van der Waals surface area contributed by atoms with Crippen LogP contribution in [0.4, 0.5) is 0 Å². The fraction of sp³-hybridized carbons (Fsp3) is 0.105. The van der Waals surface area contributed by atoms with Gasteiger partial charge in [0.2, 0.25) is 0 Å². The number of esters is 1. The molecule has 3 rings (SSSR count). The van der Waals surface area contributed by atoms with Crippen molar-refractivity contribution in [2.24, 2.45) is 0 Å². The molecule has 3 aromatic rings. The Bertz CT molecular complexity index is 1030. The number of ether oxygens (including phenoxy) is 1. The van der Waals surface area contributed by atoms with E-state index in [0.29, 0.717) is 16.4 Å². The van der Waals surface area contributed by atoms with E-state index in [1.165, 1.54) is 22.7 Å². The molecule has 7 heteroatoms. The lowest BCUT2D eigenvalue weighted by Gasteiger charge is -2.05. The number of thioether (sulfide) groups is 1. The average Bonchev–Trinajstić information content (AvgIpc) is 2.65. The normalized spacial score (nSPS) is 11.2. The van der Waals surface area contributed by atoms with Crippen LogP contribution in [0.1, 0.15) is 11.3 Å². The Morgan fingerprint density at radius 1 is 1.27 bits per heavy atom. The molecule has 0 bridgehead atoms. The first-order valence-corrected chi connectivity index (χ1v) is 9.32. The third-order valence-electron chi connectivity index (χ3n) is 3.57. The first kappa shape index (κ1) is 18.2. The summed E-state index contributed by atoms with van der Waals surface area (Å²) < 4.78 is 6.49. The van der Waals surface area contributed by atoms with Crippen LogP contribution in [-0.2, 0) is 16.1 Å². The lowest BCUT2D eigenvalue weighted by Crippen LogP contribution is -2.16. The zero-order valence-corrected chi connectivity index (χ0v) is 15.5. The molecular weight excluding hydrogens is 372 g/mol. The number of hydrogen-bond acceptors (Lipinski definition) is 5. The van der Waals surface area contributed by atoms with E-state index in [1.807, 2.05) is 30.5 Å². The number of carbonyl (C=O) groups excluding carboxylic acids is 1. The summed E-state index contributed by atoms with van der Waals surface area (Å²) in [5.41, 5.74) is 1.44. The molecule has 0 atom stereocenters. The number of rotatable bonds is 5. The molecule has 0 aliphatic heterocycles. The molecule has 132 valence electrons. The predicted octanol–water partition coefficient (Wildman–Crippen LogP) is 3.83. The number of aromatic nitrogens is 2. The maximum Gasteiger partial charge on any atom is 0.331 e. The lowest BCUT2D eigenvalue weighted by atomic mass is 10.2. The van der Waals surface area contributed by atoms with E-state index in [4.69, 9.17) is 16.3 Å². The van der Waals surface area contributed by atoms with Crippen LogP contribution in [0.3, 0.4) is 0 Å². The molecule has 0 unspecified atom stereocenters. The SMILES string of the molecule is CSc1ccc(/C=C/C(=O)OCc2cc(=O)n3cc(Cl)ccc3n2)cc1. The van der Waals surface area contributed by atoms with E-state index in [0.717, 1.165) is 10.5 Å². The van der Waals surface area contributed by atoms with Crippen molar-refractivity contribution < 1.29 is 9.53 Å². The number of benzene rings is 1. The Morgan fingerprint density at radius 3 is 2.77 bits per heavy atom. The highest BCUT2D eigenvalue weighted by Gasteiger charge is 2.05. The zero-order chi connectivity index (χ0) is 18.5. The van der Waals surface area contributed by atoms with Crippen LogP contribution in [0.25, 0.3) is 11.7 Å². The van der Waals surface area contributed by atoms with Crippen molar-refractivity contribution in [2.45, 2.75) is 11.5 Å². The summed E-state index contributed by atoms with van der Waals surface area (Å²) in [5, 5.41) is 0.441. The largest absolute Gasteiger partial charge is 0.456 e. The van der Waals surface area contributed by atoms with E-state index in [1.54, 1.807) is 30.0 Å². The maximum atomic E-state index is 12.1. The van der Waals surface area contributed by atoms with E-state index < -0.39 is 5.97 Å². The van der Waals surface area contributed by atoms with Crippen LogP contribution in [-0.4, -0.2) is 21.6 Å². The number of carbonyl (C=O) groups is 1. The van der Waals surface area contributed by atoms with Gasteiger partial charge in [0.1, 0.15) is 12.3 Å². The Labute approximate surface area is 159 Å². The smallest absolute Gasteiger partial charge is 0.331 e.